The Hall–Kier alpha value is -2.04. The van der Waals surface area contributed by atoms with Gasteiger partial charge in [-0.3, -0.25) is 9.59 Å². The maximum atomic E-state index is 12.7. The van der Waals surface area contributed by atoms with Crippen LogP contribution in [0.1, 0.15) is 31.8 Å². The van der Waals surface area contributed by atoms with Crippen LogP contribution in [0.2, 0.25) is 10.0 Å². The first kappa shape index (κ1) is 18.7. The average molecular weight is 391 g/mol. The molecule has 1 amide bonds. The molecule has 2 aromatic carbocycles. The molecule has 2 aromatic rings. The maximum Gasteiger partial charge on any atom is 0.255 e. The predicted molar refractivity (Wildman–Crippen MR) is 106 cm³/mol. The van der Waals surface area contributed by atoms with Crippen LogP contribution in [-0.4, -0.2) is 43.3 Å². The first-order valence-corrected chi connectivity index (χ1v) is 9.22. The Morgan fingerprint density at radius 2 is 1.69 bits per heavy atom. The number of halogens is 2. The van der Waals surface area contributed by atoms with Gasteiger partial charge in [-0.1, -0.05) is 23.2 Å². The fourth-order valence-electron chi connectivity index (χ4n) is 3.27. The van der Waals surface area contributed by atoms with Gasteiger partial charge in [-0.15, -0.1) is 0 Å². The topological polar surface area (TPSA) is 40.6 Å². The van der Waals surface area contributed by atoms with Gasteiger partial charge in [0.2, 0.25) is 0 Å². The summed E-state index contributed by atoms with van der Waals surface area (Å²) in [4.78, 5) is 27.9. The second-order valence-corrected chi connectivity index (χ2v) is 7.36. The van der Waals surface area contributed by atoms with E-state index in [0.717, 1.165) is 41.8 Å². The molecule has 1 heterocycles. The standard InChI is InChI=1S/C20H20Cl2N2O2/c1-13-10-19(14(2)9-15(13)12-25)23-5-7-24(8-6-23)20(26)17-4-3-16(21)11-18(17)22/h3-4,9-12H,5-8H2,1-2H3. The number of amides is 1. The highest BCUT2D eigenvalue weighted by atomic mass is 35.5. The summed E-state index contributed by atoms with van der Waals surface area (Å²) in [6.07, 6.45) is 0.887. The summed E-state index contributed by atoms with van der Waals surface area (Å²) in [6, 6.07) is 8.91. The van der Waals surface area contributed by atoms with Crippen molar-refractivity contribution in [1.82, 2.24) is 4.90 Å². The van der Waals surface area contributed by atoms with Crippen LogP contribution in [0.5, 0.6) is 0 Å². The van der Waals surface area contributed by atoms with E-state index in [1.807, 2.05) is 30.9 Å². The van der Waals surface area contributed by atoms with E-state index in [9.17, 15) is 9.59 Å². The first-order valence-electron chi connectivity index (χ1n) is 8.46. The third-order valence-corrected chi connectivity index (χ3v) is 5.33. The summed E-state index contributed by atoms with van der Waals surface area (Å²) in [5.74, 6) is -0.0736. The average Bonchev–Trinajstić information content (AvgIpc) is 2.63. The number of hydrogen-bond acceptors (Lipinski definition) is 3. The molecule has 0 aromatic heterocycles. The highest BCUT2D eigenvalue weighted by Gasteiger charge is 2.24. The second kappa shape index (κ2) is 7.68. The molecule has 0 saturated carbocycles. The summed E-state index contributed by atoms with van der Waals surface area (Å²) >= 11 is 12.1. The van der Waals surface area contributed by atoms with Gasteiger partial charge in [-0.2, -0.15) is 0 Å². The quantitative estimate of drug-likeness (QED) is 0.729. The number of hydrogen-bond donors (Lipinski definition) is 0. The van der Waals surface area contributed by atoms with Crippen LogP contribution < -0.4 is 4.90 Å². The lowest BCUT2D eigenvalue weighted by molar-refractivity contribution is 0.0747. The molecule has 0 bridgehead atoms. The molecule has 0 N–H and O–H groups in total. The summed E-state index contributed by atoms with van der Waals surface area (Å²) in [6.45, 7) is 6.65. The van der Waals surface area contributed by atoms with Gasteiger partial charge in [0, 0.05) is 42.5 Å². The van der Waals surface area contributed by atoms with E-state index in [1.165, 1.54) is 0 Å². The van der Waals surface area contributed by atoms with Gasteiger partial charge in [-0.25, -0.2) is 0 Å². The Balaban J connectivity index is 1.72. The zero-order valence-electron chi connectivity index (χ0n) is 14.8. The van der Waals surface area contributed by atoms with Crippen LogP contribution >= 0.6 is 23.2 Å². The molecule has 0 unspecified atom stereocenters. The number of carbonyl (C=O) groups is 2. The summed E-state index contributed by atoms with van der Waals surface area (Å²) in [5, 5.41) is 0.891. The van der Waals surface area contributed by atoms with Gasteiger partial charge >= 0.3 is 0 Å². The number of carbonyl (C=O) groups excluding carboxylic acids is 2. The third-order valence-electron chi connectivity index (χ3n) is 4.78. The van der Waals surface area contributed by atoms with Crippen molar-refractivity contribution in [2.75, 3.05) is 31.1 Å². The zero-order valence-corrected chi connectivity index (χ0v) is 16.3. The second-order valence-electron chi connectivity index (χ2n) is 6.52. The van der Waals surface area contributed by atoms with Gasteiger partial charge in [0.1, 0.15) is 6.29 Å². The largest absolute Gasteiger partial charge is 0.368 e. The van der Waals surface area contributed by atoms with E-state index in [-0.39, 0.29) is 5.91 Å². The highest BCUT2D eigenvalue weighted by Crippen LogP contribution is 2.26. The SMILES string of the molecule is Cc1cc(N2CCN(C(=O)c3ccc(Cl)cc3Cl)CC2)c(C)cc1C=O. The van der Waals surface area contributed by atoms with Gasteiger partial charge in [0.15, 0.2) is 0 Å². The highest BCUT2D eigenvalue weighted by molar-refractivity contribution is 6.36. The van der Waals surface area contributed by atoms with Crippen molar-refractivity contribution in [3.8, 4) is 0 Å². The van der Waals surface area contributed by atoms with Crippen LogP contribution in [0.4, 0.5) is 5.69 Å². The summed E-state index contributed by atoms with van der Waals surface area (Å²) in [5.41, 5.74) is 4.35. The molecule has 0 aliphatic carbocycles. The molecular weight excluding hydrogens is 371 g/mol. The fraction of sp³-hybridized carbons (Fsp3) is 0.300. The Labute approximate surface area is 163 Å². The number of piperazine rings is 1. The minimum absolute atomic E-state index is 0.0736. The fourth-order valence-corrected chi connectivity index (χ4v) is 3.76. The van der Waals surface area contributed by atoms with E-state index in [2.05, 4.69) is 4.90 Å². The molecule has 0 spiro atoms. The van der Waals surface area contributed by atoms with Crippen molar-refractivity contribution in [1.29, 1.82) is 0 Å². The Bertz CT molecular complexity index is 859. The Morgan fingerprint density at radius 1 is 1.00 bits per heavy atom. The van der Waals surface area contributed by atoms with Gasteiger partial charge in [0.05, 0.1) is 10.6 Å². The van der Waals surface area contributed by atoms with Crippen molar-refractivity contribution in [3.63, 3.8) is 0 Å². The number of benzene rings is 2. The van der Waals surface area contributed by atoms with E-state index >= 15 is 0 Å². The molecule has 1 aliphatic rings. The van der Waals surface area contributed by atoms with Gasteiger partial charge < -0.3 is 9.80 Å². The van der Waals surface area contributed by atoms with Crippen molar-refractivity contribution >= 4 is 41.1 Å². The Kier molecular flexibility index (Phi) is 5.54. The lowest BCUT2D eigenvalue weighted by Crippen LogP contribution is -2.49. The lowest BCUT2D eigenvalue weighted by Gasteiger charge is -2.37. The molecule has 1 fully saturated rings. The lowest BCUT2D eigenvalue weighted by atomic mass is 10.0. The molecule has 1 saturated heterocycles. The third kappa shape index (κ3) is 3.71. The molecule has 0 atom stereocenters. The molecule has 1 aliphatic heterocycles. The number of aldehydes is 1. The molecule has 3 rings (SSSR count). The molecule has 26 heavy (non-hydrogen) atoms. The van der Waals surface area contributed by atoms with E-state index in [4.69, 9.17) is 23.2 Å². The van der Waals surface area contributed by atoms with Gasteiger partial charge in [0.25, 0.3) is 5.91 Å². The van der Waals surface area contributed by atoms with Crippen LogP contribution in [0.25, 0.3) is 0 Å². The van der Waals surface area contributed by atoms with Crippen LogP contribution in [-0.2, 0) is 0 Å². The molecule has 136 valence electrons. The summed E-state index contributed by atoms with van der Waals surface area (Å²) in [7, 11) is 0. The maximum absolute atomic E-state index is 12.7. The molecule has 4 nitrogen and oxygen atoms in total. The predicted octanol–water partition coefficient (Wildman–Crippen LogP) is 4.39. The Morgan fingerprint density at radius 3 is 2.31 bits per heavy atom. The van der Waals surface area contributed by atoms with Crippen LogP contribution in [0.3, 0.4) is 0 Å². The summed E-state index contributed by atoms with van der Waals surface area (Å²) < 4.78 is 0. The van der Waals surface area contributed by atoms with Crippen molar-refractivity contribution in [2.24, 2.45) is 0 Å². The smallest absolute Gasteiger partial charge is 0.255 e. The van der Waals surface area contributed by atoms with E-state index < -0.39 is 0 Å². The monoisotopic (exact) mass is 390 g/mol. The number of rotatable bonds is 3. The zero-order chi connectivity index (χ0) is 18.8. The minimum Gasteiger partial charge on any atom is -0.368 e. The first-order chi connectivity index (χ1) is 12.4. The van der Waals surface area contributed by atoms with Crippen LogP contribution in [0, 0.1) is 13.8 Å². The number of nitrogens with zero attached hydrogens (tertiary/aromatic N) is 2. The van der Waals surface area contributed by atoms with Gasteiger partial charge in [-0.05, 0) is 55.3 Å². The van der Waals surface area contributed by atoms with Crippen LogP contribution in [0.15, 0.2) is 30.3 Å². The normalized spacial score (nSPS) is 14.5. The molecular formula is C20H20Cl2N2O2. The molecule has 6 heteroatoms. The minimum atomic E-state index is -0.0736. The number of anilines is 1. The van der Waals surface area contributed by atoms with Crippen molar-refractivity contribution < 1.29 is 9.59 Å². The van der Waals surface area contributed by atoms with E-state index in [1.54, 1.807) is 18.2 Å². The molecule has 0 radical (unpaired) electrons. The van der Waals surface area contributed by atoms with Crippen molar-refractivity contribution in [2.45, 2.75) is 13.8 Å². The number of aryl methyl sites for hydroxylation is 2. The van der Waals surface area contributed by atoms with E-state index in [0.29, 0.717) is 28.7 Å². The van der Waals surface area contributed by atoms with Crippen molar-refractivity contribution in [3.05, 3.63) is 62.6 Å².